The van der Waals surface area contributed by atoms with Gasteiger partial charge in [-0.3, -0.25) is 4.79 Å². The van der Waals surface area contributed by atoms with Crippen LogP contribution >= 0.6 is 0 Å². The summed E-state index contributed by atoms with van der Waals surface area (Å²) in [4.78, 5) is 16.5. The van der Waals surface area contributed by atoms with Crippen LogP contribution in [0.5, 0.6) is 0 Å². The van der Waals surface area contributed by atoms with Crippen LogP contribution in [0.1, 0.15) is 32.6 Å². The molecule has 0 atom stereocenters. The molecule has 3 rings (SSSR count). The SMILES string of the molecule is C=C(N=C(/C=C\N)n1ncc2ccccc21)NC1CCC(C(=O)OCC)CC1. The second kappa shape index (κ2) is 9.21. The fourth-order valence-corrected chi connectivity index (χ4v) is 3.54. The molecule has 0 amide bonds. The number of para-hydroxylation sites is 1. The van der Waals surface area contributed by atoms with Crippen LogP contribution in [0, 0.1) is 5.92 Å². The van der Waals surface area contributed by atoms with Crippen molar-refractivity contribution >= 4 is 22.7 Å². The summed E-state index contributed by atoms with van der Waals surface area (Å²) < 4.78 is 6.87. The van der Waals surface area contributed by atoms with Gasteiger partial charge in [0.25, 0.3) is 0 Å². The number of benzene rings is 1. The first-order valence-electron chi connectivity index (χ1n) is 9.64. The first-order chi connectivity index (χ1) is 13.6. The zero-order valence-electron chi connectivity index (χ0n) is 16.2. The van der Waals surface area contributed by atoms with Crippen molar-refractivity contribution in [3.63, 3.8) is 0 Å². The maximum absolute atomic E-state index is 11.9. The summed E-state index contributed by atoms with van der Waals surface area (Å²) in [6.07, 6.45) is 8.31. The van der Waals surface area contributed by atoms with Crippen LogP contribution in [0.3, 0.4) is 0 Å². The van der Waals surface area contributed by atoms with Crippen molar-refractivity contribution in [1.82, 2.24) is 15.1 Å². The molecule has 1 fully saturated rings. The van der Waals surface area contributed by atoms with Crippen molar-refractivity contribution in [3.05, 3.63) is 55.1 Å². The molecule has 2 aromatic rings. The van der Waals surface area contributed by atoms with Gasteiger partial charge in [0, 0.05) is 11.4 Å². The van der Waals surface area contributed by atoms with Gasteiger partial charge in [0.15, 0.2) is 5.84 Å². The minimum Gasteiger partial charge on any atom is -0.466 e. The molecule has 1 aromatic heterocycles. The van der Waals surface area contributed by atoms with E-state index in [0.29, 0.717) is 18.3 Å². The number of ether oxygens (including phenoxy) is 1. The number of nitrogens with zero attached hydrogens (tertiary/aromatic N) is 3. The Morgan fingerprint density at radius 3 is 2.86 bits per heavy atom. The van der Waals surface area contributed by atoms with Crippen molar-refractivity contribution in [2.24, 2.45) is 16.6 Å². The number of rotatable bonds is 6. The largest absolute Gasteiger partial charge is 0.466 e. The Morgan fingerprint density at radius 1 is 1.39 bits per heavy atom. The molecule has 0 bridgehead atoms. The second-order valence-corrected chi connectivity index (χ2v) is 6.84. The van der Waals surface area contributed by atoms with Crippen molar-refractivity contribution in [2.45, 2.75) is 38.6 Å². The van der Waals surface area contributed by atoms with Gasteiger partial charge in [-0.15, -0.1) is 0 Å². The Kier molecular flexibility index (Phi) is 6.47. The van der Waals surface area contributed by atoms with E-state index < -0.39 is 0 Å². The summed E-state index contributed by atoms with van der Waals surface area (Å²) in [5.41, 5.74) is 6.56. The van der Waals surface area contributed by atoms with E-state index >= 15 is 0 Å². The van der Waals surface area contributed by atoms with Crippen molar-refractivity contribution in [1.29, 1.82) is 0 Å². The average Bonchev–Trinajstić information content (AvgIpc) is 3.12. The van der Waals surface area contributed by atoms with Gasteiger partial charge < -0.3 is 15.8 Å². The van der Waals surface area contributed by atoms with Gasteiger partial charge in [0.1, 0.15) is 5.82 Å². The molecule has 7 heteroatoms. The highest BCUT2D eigenvalue weighted by molar-refractivity contribution is 6.00. The molecule has 0 spiro atoms. The van der Waals surface area contributed by atoms with Crippen molar-refractivity contribution in [3.8, 4) is 0 Å². The summed E-state index contributed by atoms with van der Waals surface area (Å²) in [5, 5.41) is 8.80. The fraction of sp³-hybridized carbons (Fsp3) is 0.381. The molecule has 148 valence electrons. The first kappa shape index (κ1) is 19.7. The van der Waals surface area contributed by atoms with Crippen LogP contribution in [0.4, 0.5) is 0 Å². The molecule has 0 radical (unpaired) electrons. The number of hydrogen-bond donors (Lipinski definition) is 2. The standard InChI is InChI=1S/C21H27N5O2/c1-3-28-21(27)16-8-10-18(11-9-16)24-15(2)25-20(12-13-22)26-19-7-5-4-6-17(19)14-23-26/h4-7,12-14,16,18,24H,2-3,8-11,22H2,1H3/b13-12-,25-20?. The van der Waals surface area contributed by atoms with Crippen LogP contribution in [-0.4, -0.2) is 34.2 Å². The number of aliphatic imine (C=N–C) groups is 1. The predicted molar refractivity (Wildman–Crippen MR) is 111 cm³/mol. The molecule has 1 aromatic carbocycles. The summed E-state index contributed by atoms with van der Waals surface area (Å²) >= 11 is 0. The lowest BCUT2D eigenvalue weighted by Gasteiger charge is -2.28. The monoisotopic (exact) mass is 381 g/mol. The zero-order valence-corrected chi connectivity index (χ0v) is 16.2. The number of aromatic nitrogens is 2. The number of fused-ring (bicyclic) bond motifs is 1. The molecule has 0 unspecified atom stereocenters. The molecular formula is C21H27N5O2. The fourth-order valence-electron chi connectivity index (χ4n) is 3.54. The number of allylic oxidation sites excluding steroid dienone is 1. The molecule has 0 aliphatic heterocycles. The minimum absolute atomic E-state index is 0.000870. The Bertz CT molecular complexity index is 891. The van der Waals surface area contributed by atoms with Gasteiger partial charge in [-0.05, 0) is 50.9 Å². The van der Waals surface area contributed by atoms with Crippen LogP contribution < -0.4 is 11.1 Å². The highest BCUT2D eigenvalue weighted by atomic mass is 16.5. The van der Waals surface area contributed by atoms with Crippen molar-refractivity contribution < 1.29 is 9.53 Å². The Balaban J connectivity index is 1.66. The Hall–Kier alpha value is -3.09. The molecule has 7 nitrogen and oxygen atoms in total. The van der Waals surface area contributed by atoms with E-state index in [1.165, 1.54) is 6.20 Å². The Morgan fingerprint density at radius 2 is 2.14 bits per heavy atom. The molecule has 28 heavy (non-hydrogen) atoms. The summed E-state index contributed by atoms with van der Waals surface area (Å²) in [5.74, 6) is 1.05. The van der Waals surface area contributed by atoms with E-state index in [4.69, 9.17) is 10.5 Å². The van der Waals surface area contributed by atoms with Crippen LogP contribution in [0.25, 0.3) is 10.9 Å². The van der Waals surface area contributed by atoms with E-state index in [2.05, 4.69) is 22.0 Å². The first-order valence-corrected chi connectivity index (χ1v) is 9.64. The summed E-state index contributed by atoms with van der Waals surface area (Å²) in [6, 6.07) is 8.14. The summed E-state index contributed by atoms with van der Waals surface area (Å²) in [6.45, 7) is 6.31. The third-order valence-electron chi connectivity index (χ3n) is 4.91. The lowest BCUT2D eigenvalue weighted by atomic mass is 9.86. The van der Waals surface area contributed by atoms with Gasteiger partial charge in [-0.1, -0.05) is 24.8 Å². The van der Waals surface area contributed by atoms with Gasteiger partial charge in [-0.2, -0.15) is 5.10 Å². The van der Waals surface area contributed by atoms with Crippen molar-refractivity contribution in [2.75, 3.05) is 6.61 Å². The molecule has 1 aliphatic carbocycles. The smallest absolute Gasteiger partial charge is 0.308 e. The molecule has 3 N–H and O–H groups in total. The molecule has 1 aliphatic rings. The Labute approximate surface area is 165 Å². The highest BCUT2D eigenvalue weighted by Gasteiger charge is 2.27. The molecule has 0 saturated heterocycles. The van der Waals surface area contributed by atoms with E-state index in [1.807, 2.05) is 31.2 Å². The third kappa shape index (κ3) is 4.60. The van der Waals surface area contributed by atoms with Gasteiger partial charge >= 0.3 is 5.97 Å². The lowest BCUT2D eigenvalue weighted by Crippen LogP contribution is -2.34. The maximum atomic E-state index is 11.9. The second-order valence-electron chi connectivity index (χ2n) is 6.84. The average molecular weight is 381 g/mol. The minimum atomic E-state index is -0.0845. The van der Waals surface area contributed by atoms with Gasteiger partial charge in [-0.25, -0.2) is 9.67 Å². The number of nitrogens with two attached hydrogens (primary N) is 1. The maximum Gasteiger partial charge on any atom is 0.308 e. The topological polar surface area (TPSA) is 94.5 Å². The van der Waals surface area contributed by atoms with E-state index in [1.54, 1.807) is 17.0 Å². The van der Waals surface area contributed by atoms with E-state index in [-0.39, 0.29) is 17.9 Å². The number of carbonyl (C=O) groups excluding carboxylic acids is 1. The van der Waals surface area contributed by atoms with Crippen LogP contribution in [-0.2, 0) is 9.53 Å². The van der Waals surface area contributed by atoms with E-state index in [9.17, 15) is 4.79 Å². The quantitative estimate of drug-likeness (QED) is 0.456. The number of nitrogens with one attached hydrogen (secondary N) is 1. The van der Waals surface area contributed by atoms with Gasteiger partial charge in [0.2, 0.25) is 0 Å². The third-order valence-corrected chi connectivity index (χ3v) is 4.91. The normalized spacial score (nSPS) is 20.4. The van der Waals surface area contributed by atoms with E-state index in [0.717, 1.165) is 36.6 Å². The lowest BCUT2D eigenvalue weighted by molar-refractivity contribution is -0.149. The van der Waals surface area contributed by atoms with Crippen LogP contribution in [0.2, 0.25) is 0 Å². The molecule has 1 heterocycles. The number of hydrogen-bond acceptors (Lipinski definition) is 6. The predicted octanol–water partition coefficient (Wildman–Crippen LogP) is 2.94. The number of esters is 1. The molecule has 1 saturated carbocycles. The summed E-state index contributed by atoms with van der Waals surface area (Å²) in [7, 11) is 0. The van der Waals surface area contributed by atoms with Crippen LogP contribution in [0.15, 0.2) is 60.1 Å². The zero-order chi connectivity index (χ0) is 19.9. The number of carbonyl (C=O) groups is 1. The highest BCUT2D eigenvalue weighted by Crippen LogP contribution is 2.26. The molecular weight excluding hydrogens is 354 g/mol. The van der Waals surface area contributed by atoms with Gasteiger partial charge in [0.05, 0.1) is 24.2 Å².